The molecule has 0 radical (unpaired) electrons. The second kappa shape index (κ2) is 5.86. The zero-order chi connectivity index (χ0) is 17.6. The Bertz CT molecular complexity index is 891. The predicted octanol–water partition coefficient (Wildman–Crippen LogP) is 2.72. The number of amides is 3. The van der Waals surface area contributed by atoms with Crippen LogP contribution in [0.3, 0.4) is 0 Å². The van der Waals surface area contributed by atoms with Crippen molar-refractivity contribution in [3.8, 4) is 0 Å². The maximum absolute atomic E-state index is 12.7. The molecule has 124 valence electrons. The van der Waals surface area contributed by atoms with Gasteiger partial charge in [0.15, 0.2) is 0 Å². The topological polar surface area (TPSA) is 70.1 Å². The Morgan fingerprint density at radius 2 is 1.44 bits per heavy atom. The monoisotopic (exact) mass is 351 g/mol. The molecule has 1 unspecified atom stereocenters. The highest BCUT2D eigenvalue weighted by atomic mass is 32.2. The lowest BCUT2D eigenvalue weighted by Gasteiger charge is -2.18. The lowest BCUT2D eigenvalue weighted by molar-refractivity contribution is -0.116. The summed E-state index contributed by atoms with van der Waals surface area (Å²) in [5.41, 5.74) is 1.92. The standard InChI is InChI=1S/C18H13N3O3S/c1-11-15(18(24)20(19-11)12-7-3-2-4-8-12)25-21-16(22)13-9-5-6-10-14(13)17(21)23/h2-10,15H,1H3. The molecule has 2 aliphatic heterocycles. The van der Waals surface area contributed by atoms with E-state index in [1.54, 1.807) is 43.3 Å². The number of para-hydroxylation sites is 1. The predicted molar refractivity (Wildman–Crippen MR) is 95.4 cm³/mol. The van der Waals surface area contributed by atoms with Gasteiger partial charge >= 0.3 is 0 Å². The van der Waals surface area contributed by atoms with E-state index < -0.39 is 17.1 Å². The Kier molecular flexibility index (Phi) is 3.65. The van der Waals surface area contributed by atoms with Gasteiger partial charge in [-0.25, -0.2) is 4.31 Å². The van der Waals surface area contributed by atoms with Crippen molar-refractivity contribution < 1.29 is 14.4 Å². The molecule has 0 aromatic heterocycles. The second-order valence-electron chi connectivity index (χ2n) is 5.66. The van der Waals surface area contributed by atoms with Crippen molar-refractivity contribution in [1.82, 2.24) is 4.31 Å². The number of nitrogens with zero attached hydrogens (tertiary/aromatic N) is 3. The molecule has 2 aliphatic rings. The van der Waals surface area contributed by atoms with E-state index in [4.69, 9.17) is 0 Å². The molecule has 0 fully saturated rings. The van der Waals surface area contributed by atoms with Crippen LogP contribution in [0.5, 0.6) is 0 Å². The number of rotatable bonds is 3. The molecule has 2 aromatic carbocycles. The first kappa shape index (κ1) is 15.6. The lowest BCUT2D eigenvalue weighted by atomic mass is 10.1. The minimum absolute atomic E-state index is 0.273. The molecule has 3 amide bonds. The van der Waals surface area contributed by atoms with E-state index in [0.717, 1.165) is 16.3 Å². The summed E-state index contributed by atoms with van der Waals surface area (Å²) >= 11 is 0.914. The number of anilines is 1. The van der Waals surface area contributed by atoms with Crippen LogP contribution in [0.1, 0.15) is 27.6 Å². The molecule has 0 saturated heterocycles. The van der Waals surface area contributed by atoms with Crippen molar-refractivity contribution in [2.45, 2.75) is 12.2 Å². The average Bonchev–Trinajstić information content (AvgIpc) is 3.06. The quantitative estimate of drug-likeness (QED) is 0.630. The minimum Gasteiger partial charge on any atom is -0.271 e. The molecular formula is C18H13N3O3S. The van der Waals surface area contributed by atoms with Crippen LogP contribution >= 0.6 is 11.9 Å². The molecule has 0 bridgehead atoms. The van der Waals surface area contributed by atoms with Crippen LogP contribution in [-0.2, 0) is 4.79 Å². The highest BCUT2D eigenvalue weighted by Crippen LogP contribution is 2.34. The molecule has 0 saturated carbocycles. The molecule has 2 aromatic rings. The van der Waals surface area contributed by atoms with Crippen LogP contribution in [0.4, 0.5) is 5.69 Å². The van der Waals surface area contributed by atoms with Gasteiger partial charge < -0.3 is 0 Å². The van der Waals surface area contributed by atoms with Crippen LogP contribution < -0.4 is 5.01 Å². The zero-order valence-corrected chi connectivity index (χ0v) is 14.1. The first-order chi connectivity index (χ1) is 12.1. The third-order valence-electron chi connectivity index (χ3n) is 4.04. The molecule has 2 heterocycles. The Morgan fingerprint density at radius 3 is 2.04 bits per heavy atom. The number of hydrogen-bond acceptors (Lipinski definition) is 5. The maximum atomic E-state index is 12.7. The first-order valence-electron chi connectivity index (χ1n) is 7.66. The number of carbonyl (C=O) groups is 3. The van der Waals surface area contributed by atoms with Gasteiger partial charge in [0.25, 0.3) is 17.7 Å². The third-order valence-corrected chi connectivity index (χ3v) is 5.33. The summed E-state index contributed by atoms with van der Waals surface area (Å²) in [5.74, 6) is -1.07. The fourth-order valence-electron chi connectivity index (χ4n) is 2.79. The lowest BCUT2D eigenvalue weighted by Crippen LogP contribution is -2.34. The van der Waals surface area contributed by atoms with Crippen molar-refractivity contribution in [2.75, 3.05) is 5.01 Å². The minimum atomic E-state index is -0.706. The van der Waals surface area contributed by atoms with Gasteiger partial charge in [0.2, 0.25) is 0 Å². The van der Waals surface area contributed by atoms with Gasteiger partial charge in [0.05, 0.1) is 22.5 Å². The third kappa shape index (κ3) is 2.44. The summed E-state index contributed by atoms with van der Waals surface area (Å²) < 4.78 is 1.06. The smallest absolute Gasteiger partial charge is 0.271 e. The molecule has 0 N–H and O–H groups in total. The number of carbonyl (C=O) groups excluding carboxylic acids is 3. The van der Waals surface area contributed by atoms with Gasteiger partial charge in [-0.1, -0.05) is 30.3 Å². The van der Waals surface area contributed by atoms with Crippen molar-refractivity contribution >= 4 is 41.1 Å². The Hall–Kier alpha value is -2.93. The van der Waals surface area contributed by atoms with E-state index in [-0.39, 0.29) is 5.91 Å². The fraction of sp³-hybridized carbons (Fsp3) is 0.111. The van der Waals surface area contributed by atoms with E-state index in [1.165, 1.54) is 5.01 Å². The van der Waals surface area contributed by atoms with E-state index >= 15 is 0 Å². The Labute approximate surface area is 148 Å². The van der Waals surface area contributed by atoms with E-state index in [1.807, 2.05) is 18.2 Å². The highest BCUT2D eigenvalue weighted by Gasteiger charge is 2.43. The number of hydrogen-bond donors (Lipinski definition) is 0. The molecular weight excluding hydrogens is 338 g/mol. The molecule has 25 heavy (non-hydrogen) atoms. The Balaban J connectivity index is 1.59. The number of benzene rings is 2. The van der Waals surface area contributed by atoms with E-state index in [2.05, 4.69) is 5.10 Å². The van der Waals surface area contributed by atoms with Gasteiger partial charge in [-0.2, -0.15) is 10.1 Å². The fourth-order valence-corrected chi connectivity index (χ4v) is 3.78. The summed E-state index contributed by atoms with van der Waals surface area (Å²) in [4.78, 5) is 37.7. The van der Waals surface area contributed by atoms with Gasteiger partial charge in [-0.05, 0) is 43.1 Å². The van der Waals surface area contributed by atoms with Crippen LogP contribution in [0, 0.1) is 0 Å². The van der Waals surface area contributed by atoms with Crippen LogP contribution in [0.25, 0.3) is 0 Å². The van der Waals surface area contributed by atoms with Crippen molar-refractivity contribution in [3.63, 3.8) is 0 Å². The molecule has 0 spiro atoms. The molecule has 0 aliphatic carbocycles. The van der Waals surface area contributed by atoms with E-state index in [0.29, 0.717) is 22.5 Å². The van der Waals surface area contributed by atoms with Gasteiger partial charge in [-0.15, -0.1) is 0 Å². The first-order valence-corrected chi connectivity index (χ1v) is 8.50. The average molecular weight is 351 g/mol. The molecule has 6 nitrogen and oxygen atoms in total. The van der Waals surface area contributed by atoms with Crippen molar-refractivity contribution in [1.29, 1.82) is 0 Å². The van der Waals surface area contributed by atoms with Gasteiger partial charge in [0, 0.05) is 0 Å². The summed E-state index contributed by atoms with van der Waals surface area (Å²) in [6, 6.07) is 15.7. The van der Waals surface area contributed by atoms with Crippen molar-refractivity contribution in [3.05, 3.63) is 65.7 Å². The highest BCUT2D eigenvalue weighted by molar-refractivity contribution is 8.00. The van der Waals surface area contributed by atoms with Crippen LogP contribution in [0.2, 0.25) is 0 Å². The molecule has 7 heteroatoms. The maximum Gasteiger partial charge on any atom is 0.271 e. The molecule has 1 atom stereocenters. The molecule has 4 rings (SSSR count). The Morgan fingerprint density at radius 1 is 0.880 bits per heavy atom. The van der Waals surface area contributed by atoms with Gasteiger partial charge in [-0.3, -0.25) is 14.4 Å². The summed E-state index contributed by atoms with van der Waals surface area (Å²) in [7, 11) is 0. The van der Waals surface area contributed by atoms with Crippen LogP contribution in [-0.4, -0.2) is 33.0 Å². The number of hydrazone groups is 1. The summed E-state index contributed by atoms with van der Waals surface area (Å²) in [5, 5.41) is 4.90. The SMILES string of the molecule is CC1=NN(c2ccccc2)C(=O)C1SN1C(=O)c2ccccc2C1=O. The normalized spacial score (nSPS) is 19.5. The van der Waals surface area contributed by atoms with Gasteiger partial charge in [0.1, 0.15) is 5.25 Å². The van der Waals surface area contributed by atoms with E-state index in [9.17, 15) is 14.4 Å². The second-order valence-corrected chi connectivity index (χ2v) is 6.71. The zero-order valence-electron chi connectivity index (χ0n) is 13.2. The summed E-state index contributed by atoms with van der Waals surface area (Å²) in [6.45, 7) is 1.72. The largest absolute Gasteiger partial charge is 0.271 e. The number of fused-ring (bicyclic) bond motifs is 1. The summed E-state index contributed by atoms with van der Waals surface area (Å²) in [6.07, 6.45) is 0. The van der Waals surface area contributed by atoms with Crippen LogP contribution in [0.15, 0.2) is 59.7 Å². The number of imide groups is 1. The van der Waals surface area contributed by atoms with Crippen molar-refractivity contribution in [2.24, 2.45) is 5.10 Å².